The highest BCUT2D eigenvalue weighted by Crippen LogP contribution is 2.31. The molecule has 1 N–H and O–H groups in total. The number of ether oxygens (including phenoxy) is 4. The van der Waals surface area contributed by atoms with Crippen molar-refractivity contribution in [3.63, 3.8) is 0 Å². The molecule has 2 aromatic rings. The highest BCUT2D eigenvalue weighted by Gasteiger charge is 2.29. The van der Waals surface area contributed by atoms with Crippen molar-refractivity contribution >= 4 is 23.4 Å². The molecule has 2 aromatic carbocycles. The molecule has 2 heterocycles. The summed E-state index contributed by atoms with van der Waals surface area (Å²) in [6.07, 6.45) is 0.696. The molecule has 0 spiro atoms. The Morgan fingerprint density at radius 2 is 1.82 bits per heavy atom. The number of nitrogens with one attached hydrogen (secondary N) is 1. The molecular formula is C28H36N4O6. The van der Waals surface area contributed by atoms with Crippen LogP contribution in [-0.2, 0) is 20.8 Å². The fourth-order valence-electron chi connectivity index (χ4n) is 4.54. The van der Waals surface area contributed by atoms with Gasteiger partial charge in [0.05, 0.1) is 39.7 Å². The number of hydrazone groups is 1. The van der Waals surface area contributed by atoms with Gasteiger partial charge < -0.3 is 18.9 Å². The number of rotatable bonds is 10. The summed E-state index contributed by atoms with van der Waals surface area (Å²) in [5, 5.41) is 9.02. The molecule has 0 aromatic heterocycles. The highest BCUT2D eigenvalue weighted by atomic mass is 16.5. The Hall–Kier alpha value is -3.63. The number of amides is 2. The number of carbonyl (C=O) groups excluding carboxylic acids is 2. The summed E-state index contributed by atoms with van der Waals surface area (Å²) in [7, 11) is 3.20. The number of benzene rings is 2. The van der Waals surface area contributed by atoms with E-state index in [0.717, 1.165) is 36.3 Å². The normalized spacial score (nSPS) is 18.1. The van der Waals surface area contributed by atoms with Crippen LogP contribution in [0.25, 0.3) is 0 Å². The van der Waals surface area contributed by atoms with Crippen molar-refractivity contribution in [3.05, 3.63) is 53.6 Å². The summed E-state index contributed by atoms with van der Waals surface area (Å²) in [4.78, 5) is 27.2. The van der Waals surface area contributed by atoms with Crippen molar-refractivity contribution in [3.8, 4) is 11.5 Å². The zero-order chi connectivity index (χ0) is 26.9. The number of methoxy groups -OCH3 is 2. The second-order valence-electron chi connectivity index (χ2n) is 9.23. The van der Waals surface area contributed by atoms with Crippen LogP contribution >= 0.6 is 0 Å². The maximum Gasteiger partial charge on any atom is 0.411 e. The van der Waals surface area contributed by atoms with E-state index in [9.17, 15) is 9.59 Å². The fourth-order valence-corrected chi connectivity index (χ4v) is 4.54. The number of anilines is 1. The first-order chi connectivity index (χ1) is 18.5. The fraction of sp³-hybridized carbons (Fsp3) is 0.464. The van der Waals surface area contributed by atoms with E-state index in [0.29, 0.717) is 56.5 Å². The number of nitrogens with zero attached hydrogens (tertiary/aromatic N) is 3. The lowest BCUT2D eigenvalue weighted by atomic mass is 9.89. The minimum atomic E-state index is -0.494. The van der Waals surface area contributed by atoms with E-state index in [1.54, 1.807) is 26.4 Å². The quantitative estimate of drug-likeness (QED) is 0.505. The van der Waals surface area contributed by atoms with Crippen molar-refractivity contribution in [2.45, 2.75) is 26.3 Å². The molecular weight excluding hydrogens is 488 g/mol. The van der Waals surface area contributed by atoms with Gasteiger partial charge in [0.15, 0.2) is 11.5 Å². The topological polar surface area (TPSA) is 102 Å². The first kappa shape index (κ1) is 27.4. The second kappa shape index (κ2) is 13.3. The van der Waals surface area contributed by atoms with Crippen molar-refractivity contribution < 1.29 is 28.5 Å². The van der Waals surface area contributed by atoms with E-state index >= 15 is 0 Å². The maximum atomic E-state index is 12.9. The zero-order valence-corrected chi connectivity index (χ0v) is 22.3. The number of morpholine rings is 1. The Labute approximate surface area is 223 Å². The minimum Gasteiger partial charge on any atom is -0.493 e. The van der Waals surface area contributed by atoms with Gasteiger partial charge in [-0.3, -0.25) is 15.0 Å². The molecule has 0 radical (unpaired) electrons. The molecule has 2 aliphatic rings. The summed E-state index contributed by atoms with van der Waals surface area (Å²) < 4.78 is 21.4. The predicted octanol–water partition coefficient (Wildman–Crippen LogP) is 3.75. The SMILES string of the molecule is CCC1CC(=O)N(Cc2ccc(NC(=O)OCCN3CCOCC3)cc2)N=C1c1ccc(OC)c(OC)c1. The minimum absolute atomic E-state index is 0.0212. The molecule has 204 valence electrons. The maximum absolute atomic E-state index is 12.9. The van der Waals surface area contributed by atoms with Crippen LogP contribution in [0.3, 0.4) is 0 Å². The van der Waals surface area contributed by atoms with Crippen molar-refractivity contribution in [2.75, 3.05) is 59.0 Å². The van der Waals surface area contributed by atoms with Gasteiger partial charge in [-0.2, -0.15) is 5.10 Å². The van der Waals surface area contributed by atoms with Gasteiger partial charge in [0.25, 0.3) is 0 Å². The third-order valence-corrected chi connectivity index (χ3v) is 6.77. The molecule has 10 heteroatoms. The third kappa shape index (κ3) is 7.02. The standard InChI is InChI=1S/C28H36N4O6/c1-4-21-18-26(33)32(30-27(21)22-7-10-24(35-2)25(17-22)36-3)19-20-5-8-23(9-6-20)29-28(34)38-16-13-31-11-14-37-15-12-31/h5-10,17,21H,4,11-16,18-19H2,1-3H3,(H,29,34). The van der Waals surface area contributed by atoms with E-state index in [-0.39, 0.29) is 11.8 Å². The molecule has 38 heavy (non-hydrogen) atoms. The molecule has 4 rings (SSSR count). The molecule has 0 saturated carbocycles. The van der Waals surface area contributed by atoms with Crippen LogP contribution in [0.1, 0.15) is 30.9 Å². The molecule has 1 saturated heterocycles. The molecule has 0 bridgehead atoms. The average molecular weight is 525 g/mol. The Balaban J connectivity index is 1.37. The Kier molecular flexibility index (Phi) is 9.56. The van der Waals surface area contributed by atoms with Gasteiger partial charge in [-0.25, -0.2) is 9.80 Å². The largest absolute Gasteiger partial charge is 0.493 e. The molecule has 0 aliphatic carbocycles. The van der Waals surface area contributed by atoms with E-state index in [4.69, 9.17) is 24.0 Å². The van der Waals surface area contributed by atoms with E-state index in [2.05, 4.69) is 17.1 Å². The van der Waals surface area contributed by atoms with Crippen LogP contribution in [0.5, 0.6) is 11.5 Å². The van der Waals surface area contributed by atoms with Crippen LogP contribution in [0, 0.1) is 5.92 Å². The van der Waals surface area contributed by atoms with Gasteiger partial charge in [0.1, 0.15) is 6.61 Å². The Bertz CT molecular complexity index is 1130. The van der Waals surface area contributed by atoms with E-state index in [1.165, 1.54) is 5.01 Å². The van der Waals surface area contributed by atoms with Crippen LogP contribution in [0.15, 0.2) is 47.6 Å². The smallest absolute Gasteiger partial charge is 0.411 e. The lowest BCUT2D eigenvalue weighted by molar-refractivity contribution is -0.133. The van der Waals surface area contributed by atoms with Crippen LogP contribution in [0.2, 0.25) is 0 Å². The van der Waals surface area contributed by atoms with Crippen LogP contribution in [-0.4, -0.2) is 81.3 Å². The molecule has 10 nitrogen and oxygen atoms in total. The highest BCUT2D eigenvalue weighted by molar-refractivity contribution is 6.06. The predicted molar refractivity (Wildman–Crippen MR) is 144 cm³/mol. The summed E-state index contributed by atoms with van der Waals surface area (Å²) in [5.41, 5.74) is 3.27. The summed E-state index contributed by atoms with van der Waals surface area (Å²) in [6.45, 7) is 6.52. The van der Waals surface area contributed by atoms with Gasteiger partial charge in [-0.1, -0.05) is 19.1 Å². The third-order valence-electron chi connectivity index (χ3n) is 6.77. The van der Waals surface area contributed by atoms with Gasteiger partial charge >= 0.3 is 6.09 Å². The molecule has 2 amide bonds. The summed E-state index contributed by atoms with van der Waals surface area (Å²) in [6, 6.07) is 13.0. The lowest BCUT2D eigenvalue weighted by Crippen LogP contribution is -2.38. The first-order valence-electron chi connectivity index (χ1n) is 12.9. The molecule has 1 fully saturated rings. The number of carbonyl (C=O) groups is 2. The second-order valence-corrected chi connectivity index (χ2v) is 9.23. The zero-order valence-electron chi connectivity index (χ0n) is 22.3. The van der Waals surface area contributed by atoms with Gasteiger partial charge in [0.2, 0.25) is 5.91 Å². The average Bonchev–Trinajstić information content (AvgIpc) is 2.95. The molecule has 1 unspecified atom stereocenters. The van der Waals surface area contributed by atoms with Crippen molar-refractivity contribution in [1.29, 1.82) is 0 Å². The first-order valence-corrected chi connectivity index (χ1v) is 12.9. The molecule has 2 aliphatic heterocycles. The van der Waals surface area contributed by atoms with E-state index in [1.807, 2.05) is 30.3 Å². The van der Waals surface area contributed by atoms with E-state index < -0.39 is 6.09 Å². The van der Waals surface area contributed by atoms with Crippen molar-refractivity contribution in [1.82, 2.24) is 9.91 Å². The van der Waals surface area contributed by atoms with Crippen molar-refractivity contribution in [2.24, 2.45) is 11.0 Å². The van der Waals surface area contributed by atoms with Gasteiger partial charge in [0, 0.05) is 43.2 Å². The summed E-state index contributed by atoms with van der Waals surface area (Å²) >= 11 is 0. The summed E-state index contributed by atoms with van der Waals surface area (Å²) in [5.74, 6) is 1.27. The number of hydrogen-bond donors (Lipinski definition) is 1. The van der Waals surface area contributed by atoms with Gasteiger partial charge in [-0.15, -0.1) is 0 Å². The lowest BCUT2D eigenvalue weighted by Gasteiger charge is -2.29. The monoisotopic (exact) mass is 524 g/mol. The Morgan fingerprint density at radius 1 is 1.08 bits per heavy atom. The van der Waals surface area contributed by atoms with Crippen LogP contribution < -0.4 is 14.8 Å². The Morgan fingerprint density at radius 3 is 2.50 bits per heavy atom. The molecule has 1 atom stereocenters. The number of hydrogen-bond acceptors (Lipinski definition) is 8. The van der Waals surface area contributed by atoms with Gasteiger partial charge in [-0.05, 0) is 42.3 Å². The van der Waals surface area contributed by atoms with Crippen LogP contribution in [0.4, 0.5) is 10.5 Å².